The molecular weight excluding hydrogens is 350 g/mol. The quantitative estimate of drug-likeness (QED) is 0.486. The summed E-state index contributed by atoms with van der Waals surface area (Å²) in [5.74, 6) is -0.104. The Morgan fingerprint density at radius 1 is 0.857 bits per heavy atom. The van der Waals surface area contributed by atoms with Crippen LogP contribution in [0.2, 0.25) is 0 Å². The molecule has 0 fully saturated rings. The minimum atomic E-state index is -0.110. The fourth-order valence-corrected chi connectivity index (χ4v) is 3.04. The Morgan fingerprint density at radius 2 is 1.54 bits per heavy atom. The average Bonchev–Trinajstić information content (AvgIpc) is 2.70. The lowest BCUT2D eigenvalue weighted by Gasteiger charge is -2.17. The minimum absolute atomic E-state index is 0.00671. The van der Waals surface area contributed by atoms with Gasteiger partial charge in [-0.25, -0.2) is 0 Å². The van der Waals surface area contributed by atoms with Crippen molar-refractivity contribution in [2.75, 3.05) is 17.2 Å². The summed E-state index contributed by atoms with van der Waals surface area (Å²) in [6.45, 7) is 4.43. The van der Waals surface area contributed by atoms with Crippen LogP contribution in [0.1, 0.15) is 57.6 Å². The highest BCUT2D eigenvalue weighted by atomic mass is 16.2. The van der Waals surface area contributed by atoms with Gasteiger partial charge in [-0.3, -0.25) is 9.59 Å². The molecule has 2 amide bonds. The number of nitrogens with one attached hydrogen (secondary N) is 3. The van der Waals surface area contributed by atoms with Gasteiger partial charge in [0.05, 0.1) is 6.54 Å². The van der Waals surface area contributed by atoms with Crippen LogP contribution in [-0.4, -0.2) is 18.4 Å². The van der Waals surface area contributed by atoms with Crippen LogP contribution in [0.5, 0.6) is 0 Å². The molecule has 28 heavy (non-hydrogen) atoms. The zero-order valence-corrected chi connectivity index (χ0v) is 16.8. The zero-order valence-electron chi connectivity index (χ0n) is 16.8. The van der Waals surface area contributed by atoms with Gasteiger partial charge in [0.25, 0.3) is 0 Å². The van der Waals surface area contributed by atoms with Gasteiger partial charge in [0, 0.05) is 23.8 Å². The molecule has 1 unspecified atom stereocenters. The molecule has 0 aliphatic heterocycles. The third-order valence-corrected chi connectivity index (χ3v) is 4.56. The number of rotatable bonds is 11. The Bertz CT molecular complexity index is 747. The third-order valence-electron chi connectivity index (χ3n) is 4.56. The van der Waals surface area contributed by atoms with Gasteiger partial charge in [0.15, 0.2) is 0 Å². The van der Waals surface area contributed by atoms with Gasteiger partial charge in [0.2, 0.25) is 11.8 Å². The van der Waals surface area contributed by atoms with Crippen LogP contribution in [0, 0.1) is 0 Å². The average molecular weight is 382 g/mol. The summed E-state index contributed by atoms with van der Waals surface area (Å²) in [6, 6.07) is 17.5. The molecule has 0 radical (unpaired) electrons. The smallest absolute Gasteiger partial charge is 0.238 e. The summed E-state index contributed by atoms with van der Waals surface area (Å²) in [4.78, 5) is 24.3. The fourth-order valence-electron chi connectivity index (χ4n) is 3.04. The molecule has 1 atom stereocenters. The second-order valence-electron chi connectivity index (χ2n) is 6.89. The van der Waals surface area contributed by atoms with Crippen molar-refractivity contribution in [3.05, 3.63) is 60.2 Å². The first-order valence-electron chi connectivity index (χ1n) is 10.1. The molecular formula is C23H31N3O2. The SMILES string of the molecule is CCCCCC(=O)Nc1cccc(NC(=O)CNC(CC)c2ccccc2)c1. The standard InChI is InChI=1S/C23H31N3O2/c1-3-5-7-15-22(27)25-19-13-10-14-20(16-19)26-23(28)17-24-21(4-2)18-11-8-6-9-12-18/h6,8-14,16,21,24H,3-5,7,15,17H2,1-2H3,(H,25,27)(H,26,28). The Balaban J connectivity index is 1.84. The van der Waals surface area contributed by atoms with Crippen molar-refractivity contribution in [2.24, 2.45) is 0 Å². The Kier molecular flexibility index (Phi) is 9.22. The van der Waals surface area contributed by atoms with E-state index in [0.29, 0.717) is 17.8 Å². The Hall–Kier alpha value is -2.66. The predicted octanol–water partition coefficient (Wildman–Crippen LogP) is 4.88. The van der Waals surface area contributed by atoms with E-state index in [1.165, 1.54) is 5.56 Å². The third kappa shape index (κ3) is 7.53. The highest BCUT2D eigenvalue weighted by molar-refractivity contribution is 5.94. The van der Waals surface area contributed by atoms with E-state index in [0.717, 1.165) is 25.7 Å². The van der Waals surface area contributed by atoms with Crippen LogP contribution in [0.4, 0.5) is 11.4 Å². The van der Waals surface area contributed by atoms with Crippen LogP contribution < -0.4 is 16.0 Å². The van der Waals surface area contributed by atoms with Gasteiger partial charge < -0.3 is 16.0 Å². The number of carbonyl (C=O) groups is 2. The van der Waals surface area contributed by atoms with Crippen LogP contribution in [0.3, 0.4) is 0 Å². The number of benzene rings is 2. The van der Waals surface area contributed by atoms with Crippen LogP contribution >= 0.6 is 0 Å². The van der Waals surface area contributed by atoms with Crippen molar-refractivity contribution in [3.8, 4) is 0 Å². The van der Waals surface area contributed by atoms with Crippen LogP contribution in [0.25, 0.3) is 0 Å². The normalized spacial score (nSPS) is 11.6. The molecule has 0 saturated carbocycles. The topological polar surface area (TPSA) is 70.2 Å². The summed E-state index contributed by atoms with van der Waals surface area (Å²) in [5.41, 5.74) is 2.54. The van der Waals surface area contributed by atoms with Gasteiger partial charge in [-0.1, -0.05) is 63.1 Å². The van der Waals surface area contributed by atoms with Crippen LogP contribution in [0.15, 0.2) is 54.6 Å². The number of unbranched alkanes of at least 4 members (excludes halogenated alkanes) is 2. The molecule has 3 N–H and O–H groups in total. The van der Waals surface area contributed by atoms with Crippen molar-refractivity contribution in [1.29, 1.82) is 0 Å². The molecule has 0 aromatic heterocycles. The van der Waals surface area contributed by atoms with Crippen molar-refractivity contribution in [3.63, 3.8) is 0 Å². The highest BCUT2D eigenvalue weighted by Crippen LogP contribution is 2.17. The van der Waals surface area contributed by atoms with E-state index in [1.807, 2.05) is 36.4 Å². The van der Waals surface area contributed by atoms with Crippen molar-refractivity contribution < 1.29 is 9.59 Å². The Labute approximate surface area is 167 Å². The van der Waals surface area contributed by atoms with Crippen molar-refractivity contribution >= 4 is 23.2 Å². The largest absolute Gasteiger partial charge is 0.326 e. The molecule has 0 aliphatic carbocycles. The Morgan fingerprint density at radius 3 is 2.18 bits per heavy atom. The number of anilines is 2. The van der Waals surface area contributed by atoms with Crippen molar-refractivity contribution in [1.82, 2.24) is 5.32 Å². The molecule has 0 bridgehead atoms. The molecule has 2 aromatic rings. The highest BCUT2D eigenvalue weighted by Gasteiger charge is 2.11. The van der Waals surface area contributed by atoms with E-state index in [1.54, 1.807) is 6.07 Å². The second kappa shape index (κ2) is 11.9. The maximum absolute atomic E-state index is 12.3. The molecule has 5 nitrogen and oxygen atoms in total. The molecule has 150 valence electrons. The van der Waals surface area contributed by atoms with Gasteiger partial charge >= 0.3 is 0 Å². The molecule has 2 aromatic carbocycles. The zero-order chi connectivity index (χ0) is 20.2. The van der Waals surface area contributed by atoms with E-state index < -0.39 is 0 Å². The van der Waals surface area contributed by atoms with Gasteiger partial charge in [-0.15, -0.1) is 0 Å². The first-order chi connectivity index (χ1) is 13.6. The monoisotopic (exact) mass is 381 g/mol. The summed E-state index contributed by atoms with van der Waals surface area (Å²) >= 11 is 0. The van der Waals surface area contributed by atoms with E-state index in [9.17, 15) is 9.59 Å². The lowest BCUT2D eigenvalue weighted by molar-refractivity contribution is -0.116. The number of hydrogen-bond acceptors (Lipinski definition) is 3. The first-order valence-corrected chi connectivity index (χ1v) is 10.1. The summed E-state index contributed by atoms with van der Waals surface area (Å²) in [7, 11) is 0. The van der Waals surface area contributed by atoms with E-state index in [-0.39, 0.29) is 24.4 Å². The minimum Gasteiger partial charge on any atom is -0.326 e. The summed E-state index contributed by atoms with van der Waals surface area (Å²) in [5, 5.41) is 9.07. The van der Waals surface area contributed by atoms with E-state index >= 15 is 0 Å². The summed E-state index contributed by atoms with van der Waals surface area (Å²) in [6.07, 6.45) is 4.46. The lowest BCUT2D eigenvalue weighted by atomic mass is 10.0. The molecule has 0 heterocycles. The summed E-state index contributed by atoms with van der Waals surface area (Å²) < 4.78 is 0. The first kappa shape index (κ1) is 21.6. The number of amides is 2. The molecule has 0 aliphatic rings. The van der Waals surface area contributed by atoms with Gasteiger partial charge in [-0.05, 0) is 36.6 Å². The maximum Gasteiger partial charge on any atom is 0.238 e. The molecule has 0 saturated heterocycles. The number of carbonyl (C=O) groups excluding carboxylic acids is 2. The lowest BCUT2D eigenvalue weighted by Crippen LogP contribution is -2.31. The number of hydrogen-bond donors (Lipinski definition) is 3. The fraction of sp³-hybridized carbons (Fsp3) is 0.391. The predicted molar refractivity (Wildman–Crippen MR) is 115 cm³/mol. The second-order valence-corrected chi connectivity index (χ2v) is 6.89. The molecule has 5 heteroatoms. The molecule has 0 spiro atoms. The van der Waals surface area contributed by atoms with E-state index in [4.69, 9.17) is 0 Å². The van der Waals surface area contributed by atoms with Crippen molar-refractivity contribution in [2.45, 2.75) is 52.0 Å². The van der Waals surface area contributed by atoms with Gasteiger partial charge in [-0.2, -0.15) is 0 Å². The van der Waals surface area contributed by atoms with Crippen LogP contribution in [-0.2, 0) is 9.59 Å². The van der Waals surface area contributed by atoms with E-state index in [2.05, 4.69) is 41.9 Å². The maximum atomic E-state index is 12.3. The molecule has 2 rings (SSSR count). The van der Waals surface area contributed by atoms with Gasteiger partial charge in [0.1, 0.15) is 0 Å².